The van der Waals surface area contributed by atoms with Gasteiger partial charge in [-0.1, -0.05) is 31.5 Å². The molecule has 0 fully saturated rings. The van der Waals surface area contributed by atoms with E-state index in [0.29, 0.717) is 23.9 Å². The largest absolute Gasteiger partial charge is 0.441 e. The number of carbonyl (C=O) groups is 1. The fourth-order valence-corrected chi connectivity index (χ4v) is 3.74. The first-order valence-corrected chi connectivity index (χ1v) is 10.8. The summed E-state index contributed by atoms with van der Waals surface area (Å²) < 4.78 is 18.0. The summed E-state index contributed by atoms with van der Waals surface area (Å²) >= 11 is 0. The van der Waals surface area contributed by atoms with Crippen LogP contribution in [-0.2, 0) is 21.3 Å². The van der Waals surface area contributed by atoms with E-state index in [-0.39, 0.29) is 17.4 Å². The number of benzene rings is 1. The minimum Gasteiger partial charge on any atom is -0.441 e. The fourth-order valence-electron chi connectivity index (χ4n) is 2.68. The number of likely N-dealkylation sites (N-methyl/N-ethyl adjacent to an activating group) is 1. The molecule has 1 heterocycles. The topological polar surface area (TPSA) is 75.4 Å². The minimum atomic E-state index is -1.32. The lowest BCUT2D eigenvalue weighted by Crippen LogP contribution is -2.36. The van der Waals surface area contributed by atoms with Gasteiger partial charge in [-0.05, 0) is 39.1 Å². The zero-order valence-corrected chi connectivity index (χ0v) is 17.4. The molecule has 1 aromatic heterocycles. The van der Waals surface area contributed by atoms with Gasteiger partial charge >= 0.3 is 0 Å². The number of amides is 1. The molecule has 0 saturated carbocycles. The van der Waals surface area contributed by atoms with Crippen LogP contribution in [0.25, 0.3) is 11.5 Å². The number of aromatic nitrogens is 1. The van der Waals surface area contributed by atoms with Gasteiger partial charge in [0, 0.05) is 29.5 Å². The van der Waals surface area contributed by atoms with Gasteiger partial charge in [-0.3, -0.25) is 9.00 Å². The van der Waals surface area contributed by atoms with Crippen molar-refractivity contribution in [3.63, 3.8) is 0 Å². The van der Waals surface area contributed by atoms with Gasteiger partial charge in [-0.2, -0.15) is 0 Å². The standard InChI is InChI=1S/C20H29N3O3S/c1-5-23(6-2)12-11-21-19(24)14-27(25)13-18-16(4)26-20(22-18)17-9-7-15(3)8-10-17/h7-10H,5-6,11-14H2,1-4H3,(H,21,24)/t27-/m1/s1. The summed E-state index contributed by atoms with van der Waals surface area (Å²) in [6.07, 6.45) is 0. The molecule has 0 unspecified atom stereocenters. The maximum Gasteiger partial charge on any atom is 0.232 e. The quantitative estimate of drug-likeness (QED) is 0.674. The number of hydrogen-bond acceptors (Lipinski definition) is 5. The molecule has 2 rings (SSSR count). The first-order chi connectivity index (χ1) is 12.9. The Labute approximate surface area is 163 Å². The average molecular weight is 392 g/mol. The van der Waals surface area contributed by atoms with Gasteiger partial charge in [0.2, 0.25) is 11.8 Å². The summed E-state index contributed by atoms with van der Waals surface area (Å²) in [4.78, 5) is 18.7. The summed E-state index contributed by atoms with van der Waals surface area (Å²) in [5.41, 5.74) is 2.69. The van der Waals surface area contributed by atoms with Crippen molar-refractivity contribution in [3.05, 3.63) is 41.3 Å². The minimum absolute atomic E-state index is 0.0234. The fraction of sp³-hybridized carbons (Fsp3) is 0.500. The van der Waals surface area contributed by atoms with Gasteiger partial charge in [0.1, 0.15) is 11.5 Å². The van der Waals surface area contributed by atoms with E-state index < -0.39 is 10.8 Å². The van der Waals surface area contributed by atoms with Crippen molar-refractivity contribution in [1.82, 2.24) is 15.2 Å². The number of carbonyl (C=O) groups excluding carboxylic acids is 1. The van der Waals surface area contributed by atoms with Crippen LogP contribution in [0.2, 0.25) is 0 Å². The monoisotopic (exact) mass is 391 g/mol. The predicted molar refractivity (Wildman–Crippen MR) is 109 cm³/mol. The van der Waals surface area contributed by atoms with Crippen LogP contribution in [-0.4, -0.2) is 51.9 Å². The molecule has 0 saturated heterocycles. The van der Waals surface area contributed by atoms with E-state index >= 15 is 0 Å². The molecule has 6 nitrogen and oxygen atoms in total. The first kappa shape index (κ1) is 21.3. The molecule has 1 aromatic carbocycles. The Kier molecular flexibility index (Phi) is 8.19. The molecular formula is C20H29N3O3S. The lowest BCUT2D eigenvalue weighted by atomic mass is 10.1. The summed E-state index contributed by atoms with van der Waals surface area (Å²) in [7, 11) is -1.32. The van der Waals surface area contributed by atoms with Crippen LogP contribution in [0.5, 0.6) is 0 Å². The molecule has 0 spiro atoms. The van der Waals surface area contributed by atoms with Gasteiger partial charge in [0.25, 0.3) is 0 Å². The summed E-state index contributed by atoms with van der Waals surface area (Å²) in [6.45, 7) is 11.3. The zero-order valence-electron chi connectivity index (χ0n) is 16.6. The van der Waals surface area contributed by atoms with E-state index in [2.05, 4.69) is 29.0 Å². The Morgan fingerprint density at radius 2 is 1.85 bits per heavy atom. The van der Waals surface area contributed by atoms with Gasteiger partial charge in [-0.25, -0.2) is 4.98 Å². The average Bonchev–Trinajstić information content (AvgIpc) is 2.99. The number of aryl methyl sites for hydroxylation is 2. The first-order valence-electron chi connectivity index (χ1n) is 9.30. The maximum absolute atomic E-state index is 12.3. The molecule has 1 atom stereocenters. The normalized spacial score (nSPS) is 12.3. The van der Waals surface area contributed by atoms with E-state index in [1.54, 1.807) is 6.92 Å². The Balaban J connectivity index is 1.86. The Bertz CT molecular complexity index is 767. The molecule has 148 valence electrons. The van der Waals surface area contributed by atoms with E-state index in [0.717, 1.165) is 30.8 Å². The molecule has 0 radical (unpaired) electrons. The highest BCUT2D eigenvalue weighted by molar-refractivity contribution is 7.84. The van der Waals surface area contributed by atoms with Crippen LogP contribution in [0.4, 0.5) is 0 Å². The molecule has 0 bridgehead atoms. The molecule has 27 heavy (non-hydrogen) atoms. The molecule has 1 N–H and O–H groups in total. The van der Waals surface area contributed by atoms with Gasteiger partial charge < -0.3 is 14.6 Å². The van der Waals surface area contributed by atoms with Crippen LogP contribution >= 0.6 is 0 Å². The zero-order chi connectivity index (χ0) is 19.8. The molecular weight excluding hydrogens is 362 g/mol. The highest BCUT2D eigenvalue weighted by Crippen LogP contribution is 2.22. The van der Waals surface area contributed by atoms with Gasteiger partial charge in [-0.15, -0.1) is 0 Å². The number of nitrogens with one attached hydrogen (secondary N) is 1. The molecule has 1 amide bonds. The van der Waals surface area contributed by atoms with Crippen LogP contribution < -0.4 is 5.32 Å². The number of nitrogens with zero attached hydrogens (tertiary/aromatic N) is 2. The van der Waals surface area contributed by atoms with Crippen molar-refractivity contribution in [1.29, 1.82) is 0 Å². The van der Waals surface area contributed by atoms with Gasteiger partial charge in [0.05, 0.1) is 11.4 Å². The Morgan fingerprint density at radius 3 is 2.48 bits per heavy atom. The number of hydrogen-bond donors (Lipinski definition) is 1. The Morgan fingerprint density at radius 1 is 1.19 bits per heavy atom. The van der Waals surface area contributed by atoms with E-state index in [4.69, 9.17) is 4.42 Å². The third-order valence-corrected chi connectivity index (χ3v) is 5.61. The SMILES string of the molecule is CCN(CC)CCNC(=O)C[S@](=O)Cc1nc(-c2ccc(C)cc2)oc1C. The lowest BCUT2D eigenvalue weighted by Gasteiger charge is -2.17. The van der Waals surface area contributed by atoms with Crippen molar-refractivity contribution in [2.24, 2.45) is 0 Å². The van der Waals surface area contributed by atoms with Crippen LogP contribution in [0.3, 0.4) is 0 Å². The molecule has 0 aliphatic heterocycles. The van der Waals surface area contributed by atoms with Gasteiger partial charge in [0.15, 0.2) is 0 Å². The van der Waals surface area contributed by atoms with E-state index in [1.807, 2.05) is 31.2 Å². The van der Waals surface area contributed by atoms with Crippen LogP contribution in [0.15, 0.2) is 28.7 Å². The predicted octanol–water partition coefficient (Wildman–Crippen LogP) is 2.67. The number of rotatable bonds is 10. The molecule has 0 aliphatic carbocycles. The second kappa shape index (κ2) is 10.4. The lowest BCUT2D eigenvalue weighted by molar-refractivity contribution is -0.118. The summed E-state index contributed by atoms with van der Waals surface area (Å²) in [5.74, 6) is 1.15. The molecule has 7 heteroatoms. The van der Waals surface area contributed by atoms with Crippen LogP contribution in [0, 0.1) is 13.8 Å². The Hall–Kier alpha value is -1.99. The highest BCUT2D eigenvalue weighted by atomic mass is 32.2. The smallest absolute Gasteiger partial charge is 0.232 e. The highest BCUT2D eigenvalue weighted by Gasteiger charge is 2.16. The maximum atomic E-state index is 12.3. The summed E-state index contributed by atoms with van der Waals surface area (Å²) in [6, 6.07) is 7.89. The van der Waals surface area contributed by atoms with Crippen molar-refractivity contribution < 1.29 is 13.4 Å². The van der Waals surface area contributed by atoms with Crippen molar-refractivity contribution in [2.45, 2.75) is 33.4 Å². The van der Waals surface area contributed by atoms with Crippen molar-refractivity contribution in [3.8, 4) is 11.5 Å². The third-order valence-electron chi connectivity index (χ3n) is 4.43. The van der Waals surface area contributed by atoms with E-state index in [9.17, 15) is 9.00 Å². The number of oxazole rings is 1. The van der Waals surface area contributed by atoms with Crippen molar-refractivity contribution in [2.75, 3.05) is 31.9 Å². The second-order valence-corrected chi connectivity index (χ2v) is 7.95. The van der Waals surface area contributed by atoms with E-state index in [1.165, 1.54) is 0 Å². The van der Waals surface area contributed by atoms with Crippen molar-refractivity contribution >= 4 is 16.7 Å². The third kappa shape index (κ3) is 6.59. The summed E-state index contributed by atoms with van der Waals surface area (Å²) in [5, 5.41) is 2.83. The molecule has 2 aromatic rings. The van der Waals surface area contributed by atoms with Crippen LogP contribution in [0.1, 0.15) is 30.9 Å². The molecule has 0 aliphatic rings. The second-order valence-electron chi connectivity index (χ2n) is 6.49.